The number of ether oxygens (including phenoxy) is 6. The smallest absolute Gasteiger partial charge is 0.407 e. The number of phenolic OH excluding ortho intramolecular Hbond substituents is 2. The molecule has 1 spiro atoms. The molecule has 0 radical (unpaired) electrons. The Balaban J connectivity index is 1.44. The lowest BCUT2D eigenvalue weighted by Gasteiger charge is -2.39. The number of hydrogen-bond donors (Lipinski definition) is 5. The van der Waals surface area contributed by atoms with Gasteiger partial charge in [0.1, 0.15) is 45.5 Å². The van der Waals surface area contributed by atoms with Gasteiger partial charge in [-0.25, -0.2) is 9.79 Å². The zero-order valence-corrected chi connectivity index (χ0v) is 52.4. The maximum Gasteiger partial charge on any atom is 0.407 e. The van der Waals surface area contributed by atoms with Gasteiger partial charge in [0, 0.05) is 107 Å². The molecule has 1 fully saturated rings. The third kappa shape index (κ3) is 15.9. The van der Waals surface area contributed by atoms with Crippen LogP contribution in [0.25, 0.3) is 10.8 Å². The minimum Gasteiger partial charge on any atom is -0.507 e. The fourth-order valence-corrected chi connectivity index (χ4v) is 12.3. The second-order valence-corrected chi connectivity index (χ2v) is 25.4. The summed E-state index contributed by atoms with van der Waals surface area (Å²) in [5.41, 5.74) is -0.390. The van der Waals surface area contributed by atoms with Crippen LogP contribution in [-0.4, -0.2) is 156 Å². The number of aliphatic hydroxyl groups excluding tert-OH is 1. The number of benzene rings is 2. The van der Waals surface area contributed by atoms with Gasteiger partial charge in [-0.05, 0) is 51.6 Å². The van der Waals surface area contributed by atoms with E-state index in [1.54, 1.807) is 44.7 Å². The van der Waals surface area contributed by atoms with Gasteiger partial charge in [0.15, 0.2) is 22.7 Å². The van der Waals surface area contributed by atoms with E-state index in [2.05, 4.69) is 34.4 Å². The quantitative estimate of drug-likeness (QED) is 0.0274. The molecule has 2 aromatic carbocycles. The molecule has 9 atom stereocenters. The number of methoxy groups -OCH3 is 1. The van der Waals surface area contributed by atoms with Gasteiger partial charge in [-0.1, -0.05) is 79.5 Å². The van der Waals surface area contributed by atoms with Crippen LogP contribution < -0.4 is 26.1 Å². The van der Waals surface area contributed by atoms with E-state index in [0.29, 0.717) is 64.1 Å². The molecule has 462 valence electrons. The Bertz CT molecular complexity index is 2970. The van der Waals surface area contributed by atoms with Crippen LogP contribution in [0, 0.1) is 36.5 Å². The summed E-state index contributed by atoms with van der Waals surface area (Å²) in [4.78, 5) is 82.8. The third-order valence-corrected chi connectivity index (χ3v) is 17.9. The Morgan fingerprint density at radius 2 is 1.63 bits per heavy atom. The van der Waals surface area contributed by atoms with Gasteiger partial charge in [-0.2, -0.15) is 0 Å². The Morgan fingerprint density at radius 3 is 2.27 bits per heavy atom. The number of fused-ring (bicyclic) bond motifs is 13. The van der Waals surface area contributed by atoms with Gasteiger partial charge >= 0.3 is 23.8 Å². The maximum atomic E-state index is 15.0. The van der Waals surface area contributed by atoms with E-state index in [4.69, 9.17) is 33.4 Å². The van der Waals surface area contributed by atoms with Crippen molar-refractivity contribution in [1.29, 1.82) is 0 Å². The summed E-state index contributed by atoms with van der Waals surface area (Å²) in [6.45, 7) is 21.9. The van der Waals surface area contributed by atoms with Crippen molar-refractivity contribution in [3.63, 3.8) is 0 Å². The number of unbranched alkanes of at least 4 members (excludes halogenated alkanes) is 2. The molecule has 1 saturated heterocycles. The van der Waals surface area contributed by atoms with E-state index in [-0.39, 0.29) is 92.8 Å². The van der Waals surface area contributed by atoms with Crippen LogP contribution in [0.2, 0.25) is 0 Å². The fraction of sp³-hybridized carbons (Fsp3) is 0.650. The molecule has 2 amide bonds. The summed E-state index contributed by atoms with van der Waals surface area (Å²) < 4.78 is 59.0. The van der Waals surface area contributed by atoms with Crippen molar-refractivity contribution in [1.82, 2.24) is 15.1 Å². The number of ketones is 1. The molecule has 5 aliphatic rings. The van der Waals surface area contributed by atoms with Gasteiger partial charge < -0.3 is 59.3 Å². The molecule has 5 bridgehead atoms. The number of piperidine rings is 1. The van der Waals surface area contributed by atoms with Crippen LogP contribution in [0.4, 0.5) is 10.5 Å². The van der Waals surface area contributed by atoms with Crippen molar-refractivity contribution in [3.8, 4) is 17.2 Å². The van der Waals surface area contributed by atoms with Crippen molar-refractivity contribution in [2.24, 2.45) is 39.6 Å². The topological polar surface area (TPSA) is 291 Å². The fourth-order valence-electron chi connectivity index (χ4n) is 11.5. The number of allylic oxidation sites excluding steroid dienone is 2. The normalized spacial score (nSPS) is 27.3. The molecule has 2 aromatic rings. The van der Waals surface area contributed by atoms with E-state index >= 15 is 0 Å². The number of aliphatic hydroxyl groups is 1. The second kappa shape index (κ2) is 30.0. The molecule has 0 aliphatic carbocycles. The lowest BCUT2D eigenvalue weighted by molar-refractivity contribution is -0.166. The Morgan fingerprint density at radius 1 is 0.940 bits per heavy atom. The van der Waals surface area contributed by atoms with Crippen molar-refractivity contribution >= 4 is 63.1 Å². The molecular formula is C60H86N6O16P2. The number of likely N-dealkylation sites (tertiary alicyclic amines) is 1. The summed E-state index contributed by atoms with van der Waals surface area (Å²) in [6.07, 6.45) is 6.84. The first kappa shape index (κ1) is 67.2. The highest BCUT2D eigenvalue weighted by atomic mass is 31.1. The summed E-state index contributed by atoms with van der Waals surface area (Å²) in [5.74, 6) is -8.31. The lowest BCUT2D eigenvalue weighted by atomic mass is 9.78. The number of anilines is 1. The number of carbonyl (C=O) groups is 5. The van der Waals surface area contributed by atoms with E-state index in [1.165, 1.54) is 53.2 Å². The summed E-state index contributed by atoms with van der Waals surface area (Å²) in [7, 11) is 0.966. The number of carbonyl (C=O) groups excluding carboxylic acids is 5. The number of esters is 2. The highest BCUT2D eigenvalue weighted by Crippen LogP contribution is 2.51. The molecule has 5 N–H and O–H groups in total. The molecule has 7 rings (SSSR count). The van der Waals surface area contributed by atoms with E-state index in [0.717, 1.165) is 13.0 Å². The molecule has 0 unspecified atom stereocenters. The van der Waals surface area contributed by atoms with Crippen LogP contribution >= 0.6 is 16.9 Å². The van der Waals surface area contributed by atoms with Crippen molar-refractivity contribution in [3.05, 3.63) is 58.0 Å². The van der Waals surface area contributed by atoms with Crippen LogP contribution in [0.1, 0.15) is 130 Å². The molecular weight excluding hydrogens is 1120 g/mol. The summed E-state index contributed by atoms with van der Waals surface area (Å²) in [5, 5.41) is 42.4. The van der Waals surface area contributed by atoms with Crippen molar-refractivity contribution in [2.75, 3.05) is 64.8 Å². The van der Waals surface area contributed by atoms with Gasteiger partial charge in [-0.15, -0.1) is 0 Å². The number of rotatable bonds is 20. The predicted molar refractivity (Wildman–Crippen MR) is 315 cm³/mol. The largest absolute Gasteiger partial charge is 0.507 e. The SMILES string of the molecule is CCCCOC(=O)NCCN(CCCCC(P=O)P=O)CC(=O)O[C@@H]1[C@@H](C)[C@@H](O)[C@@H](C)[C@H](OC(C)=O)[C@H](C)[C@@H](OC)/C=C/O[C@@]2(C)Oc3c(C)c(O)c4c(O)c(c5c(c4c3C2=O)NC2(CCN(CC(C)C)CC2)N=5)=NC(=O)/C(C)=C\C=C\[C@@H]1C. The Kier molecular flexibility index (Phi) is 24.0. The summed E-state index contributed by atoms with van der Waals surface area (Å²) >= 11 is 0. The second-order valence-electron chi connectivity index (χ2n) is 23.3. The molecule has 5 heterocycles. The molecule has 24 heteroatoms. The molecule has 22 nitrogen and oxygen atoms in total. The first-order valence-electron chi connectivity index (χ1n) is 29.2. The van der Waals surface area contributed by atoms with Gasteiger partial charge in [-0.3, -0.25) is 38.2 Å². The molecule has 84 heavy (non-hydrogen) atoms. The minimum absolute atomic E-state index is 0.0138. The first-order valence-corrected chi connectivity index (χ1v) is 31.0. The van der Waals surface area contributed by atoms with Crippen LogP contribution in [-0.2, 0) is 47.2 Å². The monoisotopic (exact) mass is 1210 g/mol. The average Bonchev–Trinajstić information content (AvgIpc) is 1.88. The van der Waals surface area contributed by atoms with Crippen LogP contribution in [0.15, 0.2) is 46.1 Å². The minimum atomic E-state index is -2.03. The average molecular weight is 1210 g/mol. The summed E-state index contributed by atoms with van der Waals surface area (Å²) in [6, 6.07) is 0. The van der Waals surface area contributed by atoms with Crippen LogP contribution in [0.3, 0.4) is 0 Å². The Hall–Kier alpha value is -5.89. The molecule has 0 aromatic heterocycles. The lowest BCUT2D eigenvalue weighted by Crippen LogP contribution is -2.48. The third-order valence-electron chi connectivity index (χ3n) is 16.4. The number of aromatic hydroxyl groups is 2. The Labute approximate surface area is 495 Å². The number of hydrogen-bond acceptors (Lipinski definition) is 20. The number of amides is 2. The van der Waals surface area contributed by atoms with Crippen molar-refractivity contribution in [2.45, 2.75) is 162 Å². The molecule has 5 aliphatic heterocycles. The number of Topliss-reactive ketones (excluding diaryl/α,β-unsaturated/α-hetero) is 1. The number of alkyl carbamates (subject to hydrolysis) is 1. The van der Waals surface area contributed by atoms with Crippen molar-refractivity contribution < 1.29 is 76.8 Å². The van der Waals surface area contributed by atoms with E-state index in [1.807, 2.05) is 6.92 Å². The number of nitrogens with one attached hydrogen (secondary N) is 2. The zero-order valence-electron chi connectivity index (χ0n) is 50.6. The first-order chi connectivity index (χ1) is 39.8. The van der Waals surface area contributed by atoms with Crippen LogP contribution in [0.5, 0.6) is 17.2 Å². The van der Waals surface area contributed by atoms with E-state index in [9.17, 15) is 48.4 Å². The number of phenols is 2. The standard InChI is InChI=1S/C60H86N6O16P2/c1-13-14-29-78-58(74)61-24-28-65(25-16-15-20-43(83-75)84-76)32-42(68)81-53-34(4)18-17-19-35(5)57(73)62-49-48-47(63-60(64-48)22-26-66(27-23-60)31-33(2)3)44-45(52(49)71)51(70)39(9)55-46(44)56(72)59(11,82-55)79-30-21-41(77-12)36(6)54(80-40(10)67)38(8)50(69)37(53)7/h17-19,21,30,33-34,36-38,41,43,50,53-54,63,69-71H,13-16,20,22-29,31-32H2,1-12H3,(H,61,74)/b18-17+,30-21+,35-19-,62-49?/t34-,36+,37-,38+,41-,50+,53-,54+,59-/m0/s1. The zero-order chi connectivity index (χ0) is 61.8. The highest BCUT2D eigenvalue weighted by Gasteiger charge is 2.51. The number of nitrogens with zero attached hydrogens (tertiary/aromatic N) is 4. The molecule has 0 saturated carbocycles. The predicted octanol–water partition coefficient (Wildman–Crippen LogP) is 8.21. The van der Waals surface area contributed by atoms with Gasteiger partial charge in [0.2, 0.25) is 0 Å². The highest BCUT2D eigenvalue weighted by molar-refractivity contribution is 7.44. The van der Waals surface area contributed by atoms with E-state index < -0.39 is 106 Å². The maximum absolute atomic E-state index is 15.0. The van der Waals surface area contributed by atoms with Gasteiger partial charge in [0.05, 0.1) is 48.3 Å². The van der Waals surface area contributed by atoms with Gasteiger partial charge in [0.25, 0.3) is 11.7 Å².